The maximum atomic E-state index is 13.3. The van der Waals surface area contributed by atoms with E-state index < -0.39 is 0 Å². The average Bonchev–Trinajstić information content (AvgIpc) is 3.24. The molecule has 0 unspecified atom stereocenters. The van der Waals surface area contributed by atoms with Crippen molar-refractivity contribution in [2.45, 2.75) is 25.9 Å². The van der Waals surface area contributed by atoms with Gasteiger partial charge in [0.15, 0.2) is 5.58 Å². The third kappa shape index (κ3) is 3.18. The molecule has 28 heavy (non-hydrogen) atoms. The number of aromatic nitrogens is 1. The van der Waals surface area contributed by atoms with Gasteiger partial charge in [-0.05, 0) is 55.6 Å². The molecule has 1 fully saturated rings. The topological polar surface area (TPSA) is 49.6 Å². The number of nitrogens with zero attached hydrogens (tertiary/aromatic N) is 3. The summed E-state index contributed by atoms with van der Waals surface area (Å²) in [5.74, 6) is 0.381. The SMILES string of the molecule is O=C1c2ccccc2CN1CC1CCN(Cc2noc3cc(F)ccc23)CC1. The van der Waals surface area contributed by atoms with E-state index in [0.717, 1.165) is 61.2 Å². The van der Waals surface area contributed by atoms with Crippen LogP contribution in [0.3, 0.4) is 0 Å². The zero-order valence-electron chi connectivity index (χ0n) is 15.6. The van der Waals surface area contributed by atoms with Crippen LogP contribution < -0.4 is 0 Å². The predicted molar refractivity (Wildman–Crippen MR) is 103 cm³/mol. The number of benzene rings is 2. The minimum Gasteiger partial charge on any atom is -0.356 e. The molecule has 1 saturated heterocycles. The Kier molecular flexibility index (Phi) is 4.36. The number of carbonyl (C=O) groups is 1. The lowest BCUT2D eigenvalue weighted by atomic mass is 9.96. The Bertz CT molecular complexity index is 1020. The lowest BCUT2D eigenvalue weighted by molar-refractivity contribution is 0.0710. The lowest BCUT2D eigenvalue weighted by Crippen LogP contribution is -2.38. The molecule has 1 aromatic heterocycles. The molecule has 144 valence electrons. The fraction of sp³-hybridized carbons (Fsp3) is 0.364. The number of hydrogen-bond acceptors (Lipinski definition) is 4. The first-order chi connectivity index (χ1) is 13.7. The maximum Gasteiger partial charge on any atom is 0.254 e. The van der Waals surface area contributed by atoms with Crippen LogP contribution >= 0.6 is 0 Å². The van der Waals surface area contributed by atoms with E-state index in [4.69, 9.17) is 4.52 Å². The first-order valence-corrected chi connectivity index (χ1v) is 9.81. The highest BCUT2D eigenvalue weighted by Crippen LogP contribution is 2.27. The lowest BCUT2D eigenvalue weighted by Gasteiger charge is -2.33. The number of halogens is 1. The Labute approximate surface area is 162 Å². The van der Waals surface area contributed by atoms with Crippen LogP contribution in [0.25, 0.3) is 11.0 Å². The summed E-state index contributed by atoms with van der Waals surface area (Å²) in [6.45, 7) is 4.20. The normalized spacial score (nSPS) is 18.2. The number of rotatable bonds is 4. The number of amides is 1. The Balaban J connectivity index is 1.17. The Morgan fingerprint density at radius 3 is 2.79 bits per heavy atom. The van der Waals surface area contributed by atoms with E-state index in [1.807, 2.05) is 29.2 Å². The molecule has 0 saturated carbocycles. The number of piperidine rings is 1. The van der Waals surface area contributed by atoms with Crippen molar-refractivity contribution in [1.82, 2.24) is 15.0 Å². The molecule has 1 amide bonds. The van der Waals surface area contributed by atoms with Crippen LogP contribution in [0, 0.1) is 11.7 Å². The third-order valence-electron chi connectivity index (χ3n) is 5.96. The fourth-order valence-corrected chi connectivity index (χ4v) is 4.39. The van der Waals surface area contributed by atoms with Crippen molar-refractivity contribution in [3.05, 3.63) is 65.1 Å². The number of carbonyl (C=O) groups excluding carboxylic acids is 1. The highest BCUT2D eigenvalue weighted by molar-refractivity contribution is 5.98. The summed E-state index contributed by atoms with van der Waals surface area (Å²) in [7, 11) is 0. The first-order valence-electron chi connectivity index (χ1n) is 9.81. The van der Waals surface area contributed by atoms with Gasteiger partial charge in [-0.1, -0.05) is 23.4 Å². The molecule has 0 spiro atoms. The van der Waals surface area contributed by atoms with Crippen molar-refractivity contribution in [3.8, 4) is 0 Å². The third-order valence-corrected chi connectivity index (χ3v) is 5.96. The quantitative estimate of drug-likeness (QED) is 0.691. The van der Waals surface area contributed by atoms with Crippen molar-refractivity contribution in [2.24, 2.45) is 5.92 Å². The van der Waals surface area contributed by atoms with Gasteiger partial charge in [-0.15, -0.1) is 0 Å². The van der Waals surface area contributed by atoms with Crippen molar-refractivity contribution in [3.63, 3.8) is 0 Å². The molecule has 0 radical (unpaired) electrons. The van der Waals surface area contributed by atoms with Crippen LogP contribution in [0.15, 0.2) is 47.0 Å². The highest BCUT2D eigenvalue weighted by Gasteiger charge is 2.30. The van der Waals surface area contributed by atoms with Gasteiger partial charge >= 0.3 is 0 Å². The molecule has 6 heteroatoms. The van der Waals surface area contributed by atoms with Crippen molar-refractivity contribution >= 4 is 16.9 Å². The molecule has 0 atom stereocenters. The molecule has 2 aliphatic heterocycles. The summed E-state index contributed by atoms with van der Waals surface area (Å²) in [6, 6.07) is 12.5. The van der Waals surface area contributed by atoms with E-state index in [1.165, 1.54) is 12.1 Å². The summed E-state index contributed by atoms with van der Waals surface area (Å²) < 4.78 is 18.6. The van der Waals surface area contributed by atoms with Crippen LogP contribution in [-0.4, -0.2) is 40.5 Å². The van der Waals surface area contributed by atoms with Gasteiger partial charge in [-0.3, -0.25) is 9.69 Å². The fourth-order valence-electron chi connectivity index (χ4n) is 4.39. The Morgan fingerprint density at radius 1 is 1.14 bits per heavy atom. The second-order valence-electron chi connectivity index (χ2n) is 7.83. The van der Waals surface area contributed by atoms with Gasteiger partial charge in [0.25, 0.3) is 5.91 Å². The van der Waals surface area contributed by atoms with E-state index >= 15 is 0 Å². The summed E-state index contributed by atoms with van der Waals surface area (Å²) in [4.78, 5) is 16.9. The second kappa shape index (κ2) is 7.02. The van der Waals surface area contributed by atoms with E-state index in [1.54, 1.807) is 6.07 Å². The zero-order chi connectivity index (χ0) is 19.1. The summed E-state index contributed by atoms with van der Waals surface area (Å²) in [5.41, 5.74) is 3.35. The van der Waals surface area contributed by atoms with Gasteiger partial charge in [0.1, 0.15) is 11.5 Å². The molecule has 0 aliphatic carbocycles. The van der Waals surface area contributed by atoms with Crippen LogP contribution in [0.4, 0.5) is 4.39 Å². The Morgan fingerprint density at radius 2 is 1.96 bits per heavy atom. The second-order valence-corrected chi connectivity index (χ2v) is 7.83. The summed E-state index contributed by atoms with van der Waals surface area (Å²) in [6.07, 6.45) is 2.12. The van der Waals surface area contributed by atoms with Gasteiger partial charge < -0.3 is 9.42 Å². The molecular weight excluding hydrogens is 357 g/mol. The standard InChI is InChI=1S/C22H22FN3O2/c23-17-5-6-19-20(24-28-21(19)11-17)14-25-9-7-15(8-10-25)12-26-13-16-3-1-2-4-18(16)22(26)27/h1-6,11,15H,7-10,12-14H2. The van der Waals surface area contributed by atoms with Crippen LogP contribution in [0.5, 0.6) is 0 Å². The van der Waals surface area contributed by atoms with E-state index in [0.29, 0.717) is 18.0 Å². The minimum absolute atomic E-state index is 0.166. The monoisotopic (exact) mass is 379 g/mol. The van der Waals surface area contributed by atoms with Crippen LogP contribution in [-0.2, 0) is 13.1 Å². The van der Waals surface area contributed by atoms with Crippen molar-refractivity contribution in [2.75, 3.05) is 19.6 Å². The molecule has 2 aromatic carbocycles. The van der Waals surface area contributed by atoms with Crippen LogP contribution in [0.2, 0.25) is 0 Å². The number of hydrogen-bond donors (Lipinski definition) is 0. The predicted octanol–water partition coefficient (Wildman–Crippen LogP) is 3.83. The maximum absolute atomic E-state index is 13.3. The van der Waals surface area contributed by atoms with Crippen molar-refractivity contribution in [1.29, 1.82) is 0 Å². The molecule has 5 rings (SSSR count). The molecule has 0 N–H and O–H groups in total. The summed E-state index contributed by atoms with van der Waals surface area (Å²) in [5, 5.41) is 5.01. The minimum atomic E-state index is -0.311. The smallest absolute Gasteiger partial charge is 0.254 e. The number of fused-ring (bicyclic) bond motifs is 2. The van der Waals surface area contributed by atoms with Crippen molar-refractivity contribution < 1.29 is 13.7 Å². The van der Waals surface area contributed by atoms with Gasteiger partial charge in [-0.2, -0.15) is 0 Å². The van der Waals surface area contributed by atoms with E-state index in [9.17, 15) is 9.18 Å². The molecule has 2 aliphatic rings. The molecule has 3 aromatic rings. The molecule has 0 bridgehead atoms. The van der Waals surface area contributed by atoms with Crippen LogP contribution in [0.1, 0.15) is 34.5 Å². The molecular formula is C22H22FN3O2. The Hall–Kier alpha value is -2.73. The van der Waals surface area contributed by atoms with Gasteiger partial charge in [0.2, 0.25) is 0 Å². The van der Waals surface area contributed by atoms with Gasteiger partial charge in [0.05, 0.1) is 0 Å². The van der Waals surface area contributed by atoms with E-state index in [-0.39, 0.29) is 11.7 Å². The van der Waals surface area contributed by atoms with E-state index in [2.05, 4.69) is 10.1 Å². The van der Waals surface area contributed by atoms with Gasteiger partial charge in [-0.25, -0.2) is 4.39 Å². The zero-order valence-corrected chi connectivity index (χ0v) is 15.6. The highest BCUT2D eigenvalue weighted by atomic mass is 19.1. The largest absolute Gasteiger partial charge is 0.356 e. The number of likely N-dealkylation sites (tertiary alicyclic amines) is 1. The molecule has 5 nitrogen and oxygen atoms in total. The average molecular weight is 379 g/mol. The first kappa shape index (κ1) is 17.4. The van der Waals surface area contributed by atoms with Gasteiger partial charge in [0, 0.05) is 36.7 Å². The molecule has 3 heterocycles. The summed E-state index contributed by atoms with van der Waals surface area (Å²) >= 11 is 0.